The van der Waals surface area contributed by atoms with Gasteiger partial charge in [-0.05, 0) is 42.2 Å². The average Bonchev–Trinajstić information content (AvgIpc) is 2.51. The van der Waals surface area contributed by atoms with Crippen LogP contribution >= 0.6 is 15.9 Å². The van der Waals surface area contributed by atoms with Gasteiger partial charge in [0.15, 0.2) is 0 Å². The minimum absolute atomic E-state index is 0.734. The third-order valence-electron chi connectivity index (χ3n) is 2.43. The summed E-state index contributed by atoms with van der Waals surface area (Å²) in [6.07, 6.45) is 4.32. The molecule has 0 saturated heterocycles. The summed E-state index contributed by atoms with van der Waals surface area (Å²) in [5, 5.41) is 0. The molecule has 0 saturated carbocycles. The zero-order valence-electron chi connectivity index (χ0n) is 7.39. The van der Waals surface area contributed by atoms with Crippen LogP contribution in [-0.2, 0) is 6.42 Å². The summed E-state index contributed by atoms with van der Waals surface area (Å²) >= 11 is 3.56. The molecule has 0 bridgehead atoms. The SMILES string of the molecule is NCCC1=CCc2c(Br)cccc21. The Morgan fingerprint density at radius 3 is 3.00 bits per heavy atom. The number of halogens is 1. The number of hydrogen-bond donors (Lipinski definition) is 1. The molecule has 0 amide bonds. The summed E-state index contributed by atoms with van der Waals surface area (Å²) in [5.74, 6) is 0. The molecule has 0 atom stereocenters. The second-order valence-corrected chi connectivity index (χ2v) is 4.09. The van der Waals surface area contributed by atoms with Crippen LogP contribution in [0.1, 0.15) is 17.5 Å². The second kappa shape index (κ2) is 3.64. The Balaban J connectivity index is 2.39. The molecule has 0 unspecified atom stereocenters. The van der Waals surface area contributed by atoms with Crippen LogP contribution < -0.4 is 5.73 Å². The molecule has 2 rings (SSSR count). The van der Waals surface area contributed by atoms with Gasteiger partial charge in [0.05, 0.1) is 0 Å². The maximum atomic E-state index is 5.55. The summed E-state index contributed by atoms with van der Waals surface area (Å²) in [7, 11) is 0. The molecule has 1 aliphatic carbocycles. The van der Waals surface area contributed by atoms with E-state index in [0.717, 1.165) is 19.4 Å². The fourth-order valence-corrected chi connectivity index (χ4v) is 2.32. The van der Waals surface area contributed by atoms with Gasteiger partial charge in [0.2, 0.25) is 0 Å². The van der Waals surface area contributed by atoms with Crippen molar-refractivity contribution in [2.45, 2.75) is 12.8 Å². The van der Waals surface area contributed by atoms with Crippen molar-refractivity contribution in [3.8, 4) is 0 Å². The first-order valence-corrected chi connectivity index (χ1v) is 5.29. The van der Waals surface area contributed by atoms with E-state index in [1.54, 1.807) is 0 Å². The highest BCUT2D eigenvalue weighted by Gasteiger charge is 2.14. The summed E-state index contributed by atoms with van der Waals surface area (Å²) in [6.45, 7) is 0.734. The van der Waals surface area contributed by atoms with Crippen molar-refractivity contribution >= 4 is 21.5 Å². The van der Waals surface area contributed by atoms with Crippen LogP contribution in [0.3, 0.4) is 0 Å². The van der Waals surface area contributed by atoms with Crippen LogP contribution in [0.15, 0.2) is 28.7 Å². The molecule has 0 spiro atoms. The van der Waals surface area contributed by atoms with E-state index in [1.165, 1.54) is 21.2 Å². The first-order chi connectivity index (χ1) is 6.33. The molecule has 1 aliphatic rings. The molecule has 2 heteroatoms. The van der Waals surface area contributed by atoms with Gasteiger partial charge in [0, 0.05) is 4.47 Å². The molecule has 68 valence electrons. The predicted molar refractivity (Wildman–Crippen MR) is 59.5 cm³/mol. The van der Waals surface area contributed by atoms with E-state index in [9.17, 15) is 0 Å². The normalized spacial score (nSPS) is 14.2. The van der Waals surface area contributed by atoms with E-state index in [4.69, 9.17) is 5.73 Å². The van der Waals surface area contributed by atoms with Gasteiger partial charge in [0.25, 0.3) is 0 Å². The lowest BCUT2D eigenvalue weighted by Crippen LogP contribution is -1.99. The minimum Gasteiger partial charge on any atom is -0.330 e. The predicted octanol–water partition coefficient (Wildman–Crippen LogP) is 2.74. The Labute approximate surface area is 86.8 Å². The molecule has 0 heterocycles. The standard InChI is InChI=1S/C11H12BrN/c12-11-3-1-2-9-8(6-7-13)4-5-10(9)11/h1-4H,5-7,13H2. The van der Waals surface area contributed by atoms with Crippen LogP contribution in [0.4, 0.5) is 0 Å². The van der Waals surface area contributed by atoms with Crippen LogP contribution in [0.2, 0.25) is 0 Å². The van der Waals surface area contributed by atoms with E-state index in [-0.39, 0.29) is 0 Å². The molecule has 0 aromatic heterocycles. The Bertz CT molecular complexity index is 355. The summed E-state index contributed by atoms with van der Waals surface area (Å²) < 4.78 is 1.22. The van der Waals surface area contributed by atoms with E-state index < -0.39 is 0 Å². The van der Waals surface area contributed by atoms with Gasteiger partial charge in [-0.1, -0.05) is 34.1 Å². The number of benzene rings is 1. The third-order valence-corrected chi connectivity index (χ3v) is 3.17. The lowest BCUT2D eigenvalue weighted by molar-refractivity contribution is 1.02. The number of allylic oxidation sites excluding steroid dienone is 1. The highest BCUT2D eigenvalue weighted by atomic mass is 79.9. The molecule has 0 fully saturated rings. The lowest BCUT2D eigenvalue weighted by atomic mass is 10.0. The highest BCUT2D eigenvalue weighted by molar-refractivity contribution is 9.10. The molecular formula is C11H12BrN. The molecule has 1 aromatic rings. The third kappa shape index (κ3) is 1.56. The molecule has 1 nitrogen and oxygen atoms in total. The Hall–Kier alpha value is -0.600. The quantitative estimate of drug-likeness (QED) is 0.842. The topological polar surface area (TPSA) is 26.0 Å². The number of rotatable bonds is 2. The Kier molecular flexibility index (Phi) is 2.51. The van der Waals surface area contributed by atoms with Gasteiger partial charge in [-0.3, -0.25) is 0 Å². The van der Waals surface area contributed by atoms with Crippen molar-refractivity contribution in [3.63, 3.8) is 0 Å². The molecule has 1 aromatic carbocycles. The lowest BCUT2D eigenvalue weighted by Gasteiger charge is -2.05. The first-order valence-electron chi connectivity index (χ1n) is 4.50. The molecular weight excluding hydrogens is 226 g/mol. The van der Waals surface area contributed by atoms with Crippen molar-refractivity contribution in [1.29, 1.82) is 0 Å². The van der Waals surface area contributed by atoms with Crippen molar-refractivity contribution in [1.82, 2.24) is 0 Å². The van der Waals surface area contributed by atoms with E-state index in [2.05, 4.69) is 40.2 Å². The van der Waals surface area contributed by atoms with E-state index in [1.807, 2.05) is 0 Å². The second-order valence-electron chi connectivity index (χ2n) is 3.24. The molecule has 13 heavy (non-hydrogen) atoms. The van der Waals surface area contributed by atoms with Gasteiger partial charge < -0.3 is 5.73 Å². The van der Waals surface area contributed by atoms with Gasteiger partial charge in [-0.25, -0.2) is 0 Å². The fourth-order valence-electron chi connectivity index (χ4n) is 1.79. The minimum atomic E-state index is 0.734. The van der Waals surface area contributed by atoms with Crippen molar-refractivity contribution in [2.75, 3.05) is 6.54 Å². The van der Waals surface area contributed by atoms with Crippen molar-refractivity contribution < 1.29 is 0 Å². The van der Waals surface area contributed by atoms with Crippen molar-refractivity contribution in [3.05, 3.63) is 39.9 Å². The Morgan fingerprint density at radius 1 is 1.38 bits per heavy atom. The van der Waals surface area contributed by atoms with E-state index >= 15 is 0 Å². The van der Waals surface area contributed by atoms with Crippen LogP contribution in [-0.4, -0.2) is 6.54 Å². The number of hydrogen-bond acceptors (Lipinski definition) is 1. The van der Waals surface area contributed by atoms with Crippen LogP contribution in [0.5, 0.6) is 0 Å². The molecule has 0 aliphatic heterocycles. The number of fused-ring (bicyclic) bond motifs is 1. The Morgan fingerprint density at radius 2 is 2.23 bits per heavy atom. The van der Waals surface area contributed by atoms with Crippen molar-refractivity contribution in [2.24, 2.45) is 5.73 Å². The van der Waals surface area contributed by atoms with Gasteiger partial charge >= 0.3 is 0 Å². The largest absolute Gasteiger partial charge is 0.330 e. The smallest absolute Gasteiger partial charge is 0.0216 e. The highest BCUT2D eigenvalue weighted by Crippen LogP contribution is 2.33. The number of nitrogens with two attached hydrogens (primary N) is 1. The van der Waals surface area contributed by atoms with Gasteiger partial charge in [-0.15, -0.1) is 0 Å². The monoisotopic (exact) mass is 237 g/mol. The maximum Gasteiger partial charge on any atom is 0.0216 e. The van der Waals surface area contributed by atoms with Gasteiger partial charge in [0.1, 0.15) is 0 Å². The summed E-state index contributed by atoms with van der Waals surface area (Å²) in [4.78, 5) is 0. The zero-order valence-corrected chi connectivity index (χ0v) is 8.97. The van der Waals surface area contributed by atoms with Crippen LogP contribution in [0, 0.1) is 0 Å². The molecule has 0 radical (unpaired) electrons. The summed E-state index contributed by atoms with van der Waals surface area (Å²) in [5.41, 5.74) is 9.74. The first kappa shape index (κ1) is 8.97. The van der Waals surface area contributed by atoms with Gasteiger partial charge in [-0.2, -0.15) is 0 Å². The maximum absolute atomic E-state index is 5.55. The zero-order chi connectivity index (χ0) is 9.26. The van der Waals surface area contributed by atoms with E-state index in [0.29, 0.717) is 0 Å². The van der Waals surface area contributed by atoms with Crippen LogP contribution in [0.25, 0.3) is 5.57 Å². The summed E-state index contributed by atoms with van der Waals surface area (Å²) in [6, 6.07) is 6.35. The fraction of sp³-hybridized carbons (Fsp3) is 0.273. The molecule has 2 N–H and O–H groups in total. The average molecular weight is 238 g/mol.